The van der Waals surface area contributed by atoms with E-state index in [1.807, 2.05) is 55.5 Å². The smallest absolute Gasteiger partial charge is 0.243 e. The Morgan fingerprint density at radius 3 is 2.45 bits per heavy atom. The lowest BCUT2D eigenvalue weighted by molar-refractivity contribution is 0.104. The average molecular weight is 438 g/mol. The van der Waals surface area contributed by atoms with Crippen molar-refractivity contribution in [2.24, 2.45) is 0 Å². The number of rotatable bonds is 5. The lowest BCUT2D eigenvalue weighted by Crippen LogP contribution is -2.41. The van der Waals surface area contributed by atoms with E-state index < -0.39 is 22.2 Å². The van der Waals surface area contributed by atoms with Crippen LogP contribution in [0.25, 0.3) is 0 Å². The van der Waals surface area contributed by atoms with Gasteiger partial charge < -0.3 is 9.84 Å². The lowest BCUT2D eigenvalue weighted by Gasteiger charge is -2.29. The Kier molecular flexibility index (Phi) is 6.14. The molecule has 0 aromatic heterocycles. The zero-order chi connectivity index (χ0) is 22.0. The summed E-state index contributed by atoms with van der Waals surface area (Å²) in [7, 11) is -3.72. The molecule has 0 saturated carbocycles. The minimum Gasteiger partial charge on any atom is -0.489 e. The monoisotopic (exact) mass is 437 g/mol. The molecule has 0 spiro atoms. The van der Waals surface area contributed by atoms with Gasteiger partial charge in [0.25, 0.3) is 0 Å². The van der Waals surface area contributed by atoms with E-state index in [9.17, 15) is 13.5 Å². The molecule has 0 aliphatic carbocycles. The van der Waals surface area contributed by atoms with Gasteiger partial charge in [0.05, 0.1) is 17.0 Å². The van der Waals surface area contributed by atoms with E-state index in [1.54, 1.807) is 31.2 Å². The van der Waals surface area contributed by atoms with Crippen LogP contribution in [-0.2, 0) is 23.1 Å². The van der Waals surface area contributed by atoms with Crippen molar-refractivity contribution in [2.75, 3.05) is 6.54 Å². The van der Waals surface area contributed by atoms with Crippen molar-refractivity contribution in [3.63, 3.8) is 0 Å². The predicted molar refractivity (Wildman–Crippen MR) is 120 cm³/mol. The second-order valence-corrected chi connectivity index (χ2v) is 9.89. The van der Waals surface area contributed by atoms with Gasteiger partial charge in [0, 0.05) is 6.54 Å². The molecular weight excluding hydrogens is 410 g/mol. The molecule has 1 aliphatic heterocycles. The molecular formula is C25H27NO4S. The van der Waals surface area contributed by atoms with Crippen LogP contribution in [0.4, 0.5) is 0 Å². The van der Waals surface area contributed by atoms with Crippen LogP contribution < -0.4 is 4.74 Å². The number of aliphatic hydroxyl groups is 1. The Labute approximate surface area is 184 Å². The first-order chi connectivity index (χ1) is 14.9. The lowest BCUT2D eigenvalue weighted by atomic mass is 9.98. The normalized spacial score (nSPS) is 19.5. The number of benzene rings is 3. The molecule has 1 N–H and O–H groups in total. The Morgan fingerprint density at radius 1 is 1.03 bits per heavy atom. The van der Waals surface area contributed by atoms with E-state index in [-0.39, 0.29) is 4.90 Å². The highest BCUT2D eigenvalue weighted by molar-refractivity contribution is 7.89. The van der Waals surface area contributed by atoms with Crippen LogP contribution in [0, 0.1) is 6.92 Å². The number of hydrogen-bond acceptors (Lipinski definition) is 4. The molecule has 3 aromatic rings. The summed E-state index contributed by atoms with van der Waals surface area (Å²) in [6.07, 6.45) is -0.412. The first-order valence-corrected chi connectivity index (χ1v) is 11.9. The molecule has 0 fully saturated rings. The zero-order valence-corrected chi connectivity index (χ0v) is 18.5. The van der Waals surface area contributed by atoms with E-state index in [0.29, 0.717) is 25.3 Å². The molecule has 0 unspecified atom stereocenters. The fourth-order valence-corrected chi connectivity index (χ4v) is 5.59. The minimum absolute atomic E-state index is 0.245. The van der Waals surface area contributed by atoms with Gasteiger partial charge in [0.15, 0.2) is 0 Å². The second kappa shape index (κ2) is 8.83. The molecule has 2 atom stereocenters. The van der Waals surface area contributed by atoms with Crippen LogP contribution in [0.2, 0.25) is 0 Å². The summed E-state index contributed by atoms with van der Waals surface area (Å²) in [5.41, 5.74) is 3.73. The van der Waals surface area contributed by atoms with Crippen molar-refractivity contribution in [3.05, 3.63) is 95.1 Å². The van der Waals surface area contributed by atoms with Crippen LogP contribution in [0.1, 0.15) is 35.3 Å². The van der Waals surface area contributed by atoms with Crippen LogP contribution in [0.5, 0.6) is 5.75 Å². The molecule has 0 bridgehead atoms. The maximum atomic E-state index is 13.3. The summed E-state index contributed by atoms with van der Waals surface area (Å²) in [5, 5.41) is 11.0. The zero-order valence-electron chi connectivity index (χ0n) is 17.7. The molecule has 0 amide bonds. The topological polar surface area (TPSA) is 66.8 Å². The number of hydrogen-bond donors (Lipinski definition) is 1. The Morgan fingerprint density at radius 2 is 1.74 bits per heavy atom. The quantitative estimate of drug-likeness (QED) is 0.648. The highest BCUT2D eigenvalue weighted by Gasteiger charge is 2.36. The third kappa shape index (κ3) is 4.51. The number of aliphatic hydroxyl groups excluding tert-OH is 1. The van der Waals surface area contributed by atoms with Gasteiger partial charge in [-0.2, -0.15) is 4.31 Å². The number of ether oxygens (including phenoxy) is 1. The molecule has 6 heteroatoms. The molecule has 3 aromatic carbocycles. The minimum atomic E-state index is -3.72. The molecule has 5 nitrogen and oxygen atoms in total. The van der Waals surface area contributed by atoms with E-state index in [2.05, 4.69) is 0 Å². The van der Waals surface area contributed by atoms with E-state index >= 15 is 0 Å². The largest absolute Gasteiger partial charge is 0.489 e. The Bertz CT molecular complexity index is 1140. The standard InChI is InChI=1S/C25H27NO4S/c1-18-8-11-23(12-9-18)31(28,29)26-15-14-21-16-22(10-13-24(21)25(27)19(26)2)30-17-20-6-4-3-5-7-20/h3-13,16,19,25,27H,14-15,17H2,1-2H3/t19-,25+/m1/s1. The first kappa shape index (κ1) is 21.6. The van der Waals surface area contributed by atoms with Crippen molar-refractivity contribution < 1.29 is 18.3 Å². The third-order valence-corrected chi connectivity index (χ3v) is 7.82. The van der Waals surface area contributed by atoms with Gasteiger partial charge in [0.2, 0.25) is 10.0 Å². The van der Waals surface area contributed by atoms with Crippen molar-refractivity contribution in [1.29, 1.82) is 0 Å². The fourth-order valence-electron chi connectivity index (χ4n) is 3.95. The van der Waals surface area contributed by atoms with Gasteiger partial charge in [-0.05, 0) is 61.2 Å². The average Bonchev–Trinajstić information content (AvgIpc) is 2.90. The maximum absolute atomic E-state index is 13.3. The molecule has 31 heavy (non-hydrogen) atoms. The van der Waals surface area contributed by atoms with Crippen LogP contribution in [-0.4, -0.2) is 30.4 Å². The third-order valence-electron chi connectivity index (χ3n) is 5.82. The number of fused-ring (bicyclic) bond motifs is 1. The molecule has 1 heterocycles. The Balaban J connectivity index is 1.56. The van der Waals surface area contributed by atoms with E-state index in [1.165, 1.54) is 4.31 Å². The van der Waals surface area contributed by atoms with Gasteiger partial charge in [0.1, 0.15) is 12.4 Å². The second-order valence-electron chi connectivity index (χ2n) is 8.00. The van der Waals surface area contributed by atoms with Crippen LogP contribution >= 0.6 is 0 Å². The van der Waals surface area contributed by atoms with E-state index in [4.69, 9.17) is 4.74 Å². The maximum Gasteiger partial charge on any atom is 0.243 e. The molecule has 1 aliphatic rings. The SMILES string of the molecule is Cc1ccc(S(=O)(=O)N2CCc3cc(OCc4ccccc4)ccc3[C@@H](O)[C@H]2C)cc1. The van der Waals surface area contributed by atoms with Crippen molar-refractivity contribution in [3.8, 4) is 5.75 Å². The number of nitrogens with zero attached hydrogens (tertiary/aromatic N) is 1. The first-order valence-electron chi connectivity index (χ1n) is 10.4. The van der Waals surface area contributed by atoms with Crippen molar-refractivity contribution in [2.45, 2.75) is 43.9 Å². The van der Waals surface area contributed by atoms with Gasteiger partial charge in [-0.25, -0.2) is 8.42 Å². The summed E-state index contributed by atoms with van der Waals surface area (Å²) in [6.45, 7) is 4.42. The number of aryl methyl sites for hydroxylation is 1. The van der Waals surface area contributed by atoms with Crippen molar-refractivity contribution >= 4 is 10.0 Å². The Hall–Kier alpha value is -2.67. The molecule has 162 valence electrons. The summed E-state index contributed by atoms with van der Waals surface area (Å²) < 4.78 is 33.9. The molecule has 0 radical (unpaired) electrons. The summed E-state index contributed by atoms with van der Waals surface area (Å²) in [6, 6.07) is 21.7. The predicted octanol–water partition coefficient (Wildman–Crippen LogP) is 4.24. The van der Waals surface area contributed by atoms with Gasteiger partial charge in [-0.1, -0.05) is 54.1 Å². The highest BCUT2D eigenvalue weighted by Crippen LogP contribution is 2.34. The summed E-state index contributed by atoms with van der Waals surface area (Å²) in [4.78, 5) is 0.245. The molecule has 0 saturated heterocycles. The van der Waals surface area contributed by atoms with Gasteiger partial charge in [-0.3, -0.25) is 0 Å². The van der Waals surface area contributed by atoms with Crippen molar-refractivity contribution in [1.82, 2.24) is 4.31 Å². The van der Waals surface area contributed by atoms with Gasteiger partial charge in [-0.15, -0.1) is 0 Å². The van der Waals surface area contributed by atoms with Crippen LogP contribution in [0.3, 0.4) is 0 Å². The highest BCUT2D eigenvalue weighted by atomic mass is 32.2. The summed E-state index contributed by atoms with van der Waals surface area (Å²) in [5.74, 6) is 0.706. The van der Waals surface area contributed by atoms with E-state index in [0.717, 1.165) is 22.3 Å². The van der Waals surface area contributed by atoms with Gasteiger partial charge >= 0.3 is 0 Å². The van der Waals surface area contributed by atoms with Crippen LogP contribution in [0.15, 0.2) is 77.7 Å². The number of sulfonamides is 1. The summed E-state index contributed by atoms with van der Waals surface area (Å²) >= 11 is 0. The fraction of sp³-hybridized carbons (Fsp3) is 0.280. The molecule has 4 rings (SSSR count).